The summed E-state index contributed by atoms with van der Waals surface area (Å²) in [5.74, 6) is 0.310. The number of alkyl halides is 6. The first-order valence-electron chi connectivity index (χ1n) is 10.5. The molecule has 2 aromatic carbocycles. The minimum atomic E-state index is -4.96. The van der Waals surface area contributed by atoms with Crippen LogP contribution >= 0.6 is 0 Å². The molecule has 0 spiro atoms. The molecule has 0 aliphatic carbocycles. The number of hydrogen-bond donors (Lipinski definition) is 2. The Morgan fingerprint density at radius 2 is 1.57 bits per heavy atom. The van der Waals surface area contributed by atoms with E-state index in [1.54, 1.807) is 49.4 Å². The summed E-state index contributed by atoms with van der Waals surface area (Å²) in [6.07, 6.45) is -4.89. The Morgan fingerprint density at radius 1 is 0.943 bits per heavy atom. The monoisotopic (exact) mass is 498 g/mol. The van der Waals surface area contributed by atoms with E-state index in [-0.39, 0.29) is 18.2 Å². The van der Waals surface area contributed by atoms with Crippen molar-refractivity contribution in [3.8, 4) is 0 Å². The molecule has 35 heavy (non-hydrogen) atoms. The molecule has 186 valence electrons. The van der Waals surface area contributed by atoms with Crippen LogP contribution in [0.5, 0.6) is 0 Å². The van der Waals surface area contributed by atoms with E-state index in [9.17, 15) is 31.1 Å². The lowest BCUT2D eigenvalue weighted by molar-refractivity contribution is -0.143. The van der Waals surface area contributed by atoms with Crippen LogP contribution in [0.25, 0.3) is 0 Å². The highest BCUT2D eigenvalue weighted by Crippen LogP contribution is 2.36. The predicted octanol–water partition coefficient (Wildman–Crippen LogP) is 4.95. The molecule has 0 saturated heterocycles. The number of amides is 2. The Kier molecular flexibility index (Phi) is 7.72. The van der Waals surface area contributed by atoms with Gasteiger partial charge in [0.2, 0.25) is 0 Å². The number of rotatable bonds is 7. The van der Waals surface area contributed by atoms with Gasteiger partial charge in [0.05, 0.1) is 36.0 Å². The maximum absolute atomic E-state index is 13.2. The lowest BCUT2D eigenvalue weighted by Gasteiger charge is -2.33. The van der Waals surface area contributed by atoms with Gasteiger partial charge in [0.15, 0.2) is 6.21 Å². The fourth-order valence-electron chi connectivity index (χ4n) is 3.53. The smallest absolute Gasteiger partial charge is 0.374 e. The molecule has 11 heteroatoms. The summed E-state index contributed by atoms with van der Waals surface area (Å²) in [4.78, 5) is 12.6. The second kappa shape index (κ2) is 10.4. The molecule has 5 nitrogen and oxygen atoms in total. The number of allylic oxidation sites excluding steroid dienone is 1. The zero-order chi connectivity index (χ0) is 25.7. The molecule has 3 rings (SSSR count). The molecule has 1 aliphatic rings. The number of carbonyl (C=O) groups excluding carboxylic acids is 1. The number of hydrogen-bond acceptors (Lipinski definition) is 2. The number of urea groups is 1. The zero-order valence-electron chi connectivity index (χ0n) is 18.5. The molecule has 1 aliphatic heterocycles. The third-order valence-corrected chi connectivity index (χ3v) is 5.34. The highest BCUT2D eigenvalue weighted by molar-refractivity contribution is 6.08. The number of nitrogens with one attached hydrogen (secondary N) is 2. The van der Waals surface area contributed by atoms with E-state index in [1.807, 2.05) is 0 Å². The van der Waals surface area contributed by atoms with Gasteiger partial charge in [0.25, 0.3) is 0 Å². The minimum Gasteiger partial charge on any atom is -0.374 e. The zero-order valence-corrected chi connectivity index (χ0v) is 18.5. The molecule has 2 N–H and O–H groups in total. The quantitative estimate of drug-likeness (QED) is 0.419. The minimum absolute atomic E-state index is 0.0628. The van der Waals surface area contributed by atoms with Crippen molar-refractivity contribution in [2.45, 2.75) is 37.8 Å². The topological polar surface area (TPSA) is 64.5 Å². The highest BCUT2D eigenvalue weighted by Gasteiger charge is 2.38. The van der Waals surface area contributed by atoms with E-state index in [0.29, 0.717) is 30.0 Å². The van der Waals surface area contributed by atoms with Gasteiger partial charge >= 0.3 is 24.2 Å². The number of nitrogens with zero attached hydrogens (tertiary/aromatic N) is 1. The summed E-state index contributed by atoms with van der Waals surface area (Å²) < 4.78 is 88.5. The lowest BCUT2D eigenvalue weighted by Crippen LogP contribution is -2.53. The highest BCUT2D eigenvalue weighted by atomic mass is 19.4. The van der Waals surface area contributed by atoms with Crippen molar-refractivity contribution in [3.05, 3.63) is 82.9 Å². The molecule has 2 aromatic rings. The molecular formula is C24H22F6N3O2+. The summed E-state index contributed by atoms with van der Waals surface area (Å²) in [5.41, 5.74) is -3.61. The average molecular weight is 498 g/mol. The van der Waals surface area contributed by atoms with Crippen molar-refractivity contribution in [1.29, 1.82) is 0 Å². The Balaban J connectivity index is 1.83. The van der Waals surface area contributed by atoms with Crippen molar-refractivity contribution >= 4 is 18.1 Å². The van der Waals surface area contributed by atoms with Crippen LogP contribution in [0.15, 0.2) is 60.7 Å². The summed E-state index contributed by atoms with van der Waals surface area (Å²) in [6, 6.07) is 9.41. The summed E-state index contributed by atoms with van der Waals surface area (Å²) in [5, 5.41) is 5.39. The molecule has 0 aromatic heterocycles. The first kappa shape index (κ1) is 26.1. The fourth-order valence-corrected chi connectivity index (χ4v) is 3.53. The van der Waals surface area contributed by atoms with Gasteiger partial charge in [-0.1, -0.05) is 37.3 Å². The van der Waals surface area contributed by atoms with Crippen LogP contribution in [0.3, 0.4) is 0 Å². The van der Waals surface area contributed by atoms with E-state index in [2.05, 4.69) is 15.3 Å². The summed E-state index contributed by atoms with van der Waals surface area (Å²) in [6.45, 7) is 1.02. The predicted molar refractivity (Wildman–Crippen MR) is 119 cm³/mol. The van der Waals surface area contributed by atoms with Crippen molar-refractivity contribution < 1.29 is 35.9 Å². The second-order valence-corrected chi connectivity index (χ2v) is 7.81. The largest absolute Gasteiger partial charge is 0.416 e. The average Bonchev–Trinajstić information content (AvgIpc) is 3.30. The number of benzene rings is 2. The van der Waals surface area contributed by atoms with E-state index in [1.165, 1.54) is 6.21 Å². The molecular weight excluding hydrogens is 476 g/mol. The van der Waals surface area contributed by atoms with Crippen LogP contribution in [-0.4, -0.2) is 24.7 Å². The SMILES string of the molecule is CCC(COCc1cc(C(F)(F)F)cc(C(F)(F)F)c1)(NC(=O)NC1=[N+]=CC=C1)c1ccccc1. The van der Waals surface area contributed by atoms with Gasteiger partial charge < -0.3 is 10.1 Å². The third kappa shape index (κ3) is 6.74. The van der Waals surface area contributed by atoms with Crippen molar-refractivity contribution in [2.24, 2.45) is 0 Å². The van der Waals surface area contributed by atoms with Crippen molar-refractivity contribution in [1.82, 2.24) is 15.3 Å². The van der Waals surface area contributed by atoms with Crippen molar-refractivity contribution in [2.75, 3.05) is 6.61 Å². The Bertz CT molecular complexity index is 1120. The van der Waals surface area contributed by atoms with Crippen LogP contribution < -0.4 is 15.3 Å². The standard InChI is InChI=1S/C24H21F6N3O2/c1-2-22(17-7-4-3-5-8-17,33-21(34)32-20-9-6-10-31-20)15-35-14-16-11-18(23(25,26)27)13-19(12-16)24(28,29)30/h3-13H,2,14-15H2,1H3,(H,33,34)/p+1. The Morgan fingerprint density at radius 3 is 2.09 bits per heavy atom. The fraction of sp³-hybridized carbons (Fsp3) is 0.292. The number of amidine groups is 1. The third-order valence-electron chi connectivity index (χ3n) is 5.34. The van der Waals surface area contributed by atoms with Gasteiger partial charge in [-0.3, -0.25) is 0 Å². The molecule has 2 amide bonds. The number of ether oxygens (including phenoxy) is 1. The maximum Gasteiger partial charge on any atom is 0.416 e. The molecule has 1 unspecified atom stereocenters. The van der Waals surface area contributed by atoms with Crippen LogP contribution in [0, 0.1) is 0 Å². The molecule has 1 atom stereocenters. The molecule has 0 fully saturated rings. The normalized spacial score (nSPS) is 15.0. The van der Waals surface area contributed by atoms with Crippen LogP contribution in [0.1, 0.15) is 35.6 Å². The van der Waals surface area contributed by atoms with Gasteiger partial charge in [-0.2, -0.15) is 31.7 Å². The van der Waals surface area contributed by atoms with E-state index in [4.69, 9.17) is 4.74 Å². The summed E-state index contributed by atoms with van der Waals surface area (Å²) in [7, 11) is 0. The molecule has 0 radical (unpaired) electrons. The van der Waals surface area contributed by atoms with Gasteiger partial charge in [-0.25, -0.2) is 9.46 Å². The first-order chi connectivity index (χ1) is 16.4. The summed E-state index contributed by atoms with van der Waals surface area (Å²) >= 11 is 0. The Labute approximate surface area is 197 Å². The number of carbonyl (C=O) groups is 1. The first-order valence-corrected chi connectivity index (χ1v) is 10.5. The Hall–Kier alpha value is -3.56. The van der Waals surface area contributed by atoms with Gasteiger partial charge in [-0.05, 0) is 35.7 Å². The van der Waals surface area contributed by atoms with Crippen molar-refractivity contribution in [3.63, 3.8) is 0 Å². The van der Waals surface area contributed by atoms with Gasteiger partial charge in [0.1, 0.15) is 0 Å². The van der Waals surface area contributed by atoms with E-state index in [0.717, 1.165) is 0 Å². The van der Waals surface area contributed by atoms with Crippen LogP contribution in [0.2, 0.25) is 0 Å². The van der Waals surface area contributed by atoms with Gasteiger partial charge in [0, 0.05) is 6.08 Å². The van der Waals surface area contributed by atoms with Crippen LogP contribution in [-0.2, 0) is 29.2 Å². The molecule has 1 heterocycles. The van der Waals surface area contributed by atoms with Crippen LogP contribution in [0.4, 0.5) is 31.1 Å². The maximum atomic E-state index is 13.2. The van der Waals surface area contributed by atoms with Gasteiger partial charge in [-0.15, -0.1) is 0 Å². The lowest BCUT2D eigenvalue weighted by atomic mass is 9.88. The second-order valence-electron chi connectivity index (χ2n) is 7.81. The molecule has 0 bridgehead atoms. The molecule has 0 saturated carbocycles. The van der Waals surface area contributed by atoms with E-state index < -0.39 is 41.7 Å². The van der Waals surface area contributed by atoms with E-state index >= 15 is 0 Å². The number of halogens is 6.